The Balaban J connectivity index is 3.45. The Hall–Kier alpha value is -1.62. The first-order chi connectivity index (χ1) is 21.6. The summed E-state index contributed by atoms with van der Waals surface area (Å²) in [7, 11) is 0. The minimum atomic E-state index is -0.966. The third-order valence-corrected chi connectivity index (χ3v) is 8.16. The zero-order chi connectivity index (χ0) is 32.2. The number of carbonyl (C=O) groups excluding carboxylic acids is 2. The molecular weight excluding hydrogens is 548 g/mol. The molecule has 0 heterocycles. The Labute approximate surface area is 273 Å². The number of unbranched alkanes of at least 4 members (excludes halogenated alkanes) is 22. The molecule has 0 unspecified atom stereocenters. The van der Waals surface area contributed by atoms with Gasteiger partial charge in [0, 0.05) is 12.8 Å². The molecular formula is C39H72O5. The highest BCUT2D eigenvalue weighted by atomic mass is 16.6. The third kappa shape index (κ3) is 34.9. The van der Waals surface area contributed by atoms with Gasteiger partial charge >= 0.3 is 11.9 Å². The van der Waals surface area contributed by atoms with E-state index in [1.807, 2.05) is 0 Å². The number of allylic oxidation sites excluding steroid dienone is 4. The number of aliphatic hydroxyl groups is 1. The molecule has 0 aliphatic rings. The highest BCUT2D eigenvalue weighted by molar-refractivity contribution is 5.69. The summed E-state index contributed by atoms with van der Waals surface area (Å²) in [5, 5.41) is 9.99. The average Bonchev–Trinajstić information content (AvgIpc) is 3.02. The van der Waals surface area contributed by atoms with E-state index in [1.54, 1.807) is 0 Å². The second-order valence-electron chi connectivity index (χ2n) is 12.7. The van der Waals surface area contributed by atoms with Crippen molar-refractivity contribution in [1.82, 2.24) is 0 Å². The molecule has 5 heteroatoms. The highest BCUT2D eigenvalue weighted by Gasteiger charge is 2.12. The highest BCUT2D eigenvalue weighted by Crippen LogP contribution is 2.12. The summed E-state index contributed by atoms with van der Waals surface area (Å²) < 4.78 is 10.3. The van der Waals surface area contributed by atoms with Gasteiger partial charge in [-0.25, -0.2) is 0 Å². The normalized spacial score (nSPS) is 12.3. The molecule has 0 aromatic rings. The predicted molar refractivity (Wildman–Crippen MR) is 187 cm³/mol. The molecule has 1 N–H and O–H groups in total. The molecule has 1 atom stereocenters. The van der Waals surface area contributed by atoms with Gasteiger partial charge in [-0.05, 0) is 64.2 Å². The minimum Gasteiger partial charge on any atom is -0.463 e. The number of carbonyl (C=O) groups is 2. The number of rotatable bonds is 34. The molecule has 0 saturated heterocycles. The van der Waals surface area contributed by atoms with E-state index in [0.29, 0.717) is 12.8 Å². The minimum absolute atomic E-state index is 0.119. The van der Waals surface area contributed by atoms with Crippen molar-refractivity contribution in [3.8, 4) is 0 Å². The van der Waals surface area contributed by atoms with Crippen LogP contribution in [0.2, 0.25) is 0 Å². The van der Waals surface area contributed by atoms with E-state index < -0.39 is 6.10 Å². The number of esters is 2. The van der Waals surface area contributed by atoms with Crippen molar-refractivity contribution in [3.63, 3.8) is 0 Å². The van der Waals surface area contributed by atoms with Gasteiger partial charge in [-0.2, -0.15) is 0 Å². The molecule has 0 spiro atoms. The summed E-state index contributed by atoms with van der Waals surface area (Å²) in [5.41, 5.74) is 0. The molecule has 0 aromatic carbocycles. The Kier molecular flexibility index (Phi) is 34.5. The molecule has 0 radical (unpaired) electrons. The quantitative estimate of drug-likeness (QED) is 0.0440. The molecule has 0 fully saturated rings. The van der Waals surface area contributed by atoms with Crippen molar-refractivity contribution in [1.29, 1.82) is 0 Å². The van der Waals surface area contributed by atoms with Crippen LogP contribution < -0.4 is 0 Å². The van der Waals surface area contributed by atoms with Gasteiger partial charge < -0.3 is 14.6 Å². The lowest BCUT2D eigenvalue weighted by molar-refractivity contribution is -0.152. The maximum atomic E-state index is 11.9. The summed E-state index contributed by atoms with van der Waals surface area (Å²) in [4.78, 5) is 23.9. The van der Waals surface area contributed by atoms with Crippen molar-refractivity contribution < 1.29 is 24.2 Å². The second-order valence-corrected chi connectivity index (χ2v) is 12.7. The standard InChI is InChI=1S/C39H72O5/c1-3-5-7-9-11-13-15-17-19-21-23-25-27-29-31-33-38(41)43-35-37(40)36-44-39(42)34-32-30-28-26-24-22-20-18-16-14-12-10-8-6-4-2/h15,17-18,20,37,40H,3-14,16,19,21-36H2,1-2H3/b17-15+,20-18+/t37-/m1/s1. The SMILES string of the molecule is CCCCCCC/C=C/CCCCCCCCC(=O)OC[C@@H](O)COC(=O)CCCCCCC/C=C/CCCCCCCC. The Morgan fingerprint density at radius 2 is 0.727 bits per heavy atom. The van der Waals surface area contributed by atoms with E-state index in [9.17, 15) is 14.7 Å². The fraction of sp³-hybridized carbons (Fsp3) is 0.846. The van der Waals surface area contributed by atoms with Crippen molar-refractivity contribution in [2.75, 3.05) is 13.2 Å². The summed E-state index contributed by atoms with van der Waals surface area (Å²) in [5.74, 6) is -0.578. The van der Waals surface area contributed by atoms with E-state index in [2.05, 4.69) is 38.2 Å². The second kappa shape index (κ2) is 35.9. The van der Waals surface area contributed by atoms with E-state index >= 15 is 0 Å². The molecule has 258 valence electrons. The number of ether oxygens (including phenoxy) is 2. The molecule has 0 aliphatic heterocycles. The number of hydrogen-bond acceptors (Lipinski definition) is 5. The molecule has 0 aromatic heterocycles. The van der Waals surface area contributed by atoms with E-state index in [0.717, 1.165) is 44.9 Å². The van der Waals surface area contributed by atoms with Gasteiger partial charge in [0.25, 0.3) is 0 Å². The predicted octanol–water partition coefficient (Wildman–Crippen LogP) is 11.5. The lowest BCUT2D eigenvalue weighted by Crippen LogP contribution is -2.25. The Morgan fingerprint density at radius 3 is 1.05 bits per heavy atom. The lowest BCUT2D eigenvalue weighted by atomic mass is 10.1. The van der Waals surface area contributed by atoms with Gasteiger partial charge in [0.15, 0.2) is 0 Å². The zero-order valence-corrected chi connectivity index (χ0v) is 29.2. The van der Waals surface area contributed by atoms with Crippen molar-refractivity contribution in [2.45, 2.75) is 200 Å². The number of hydrogen-bond donors (Lipinski definition) is 1. The van der Waals surface area contributed by atoms with Gasteiger partial charge in [-0.1, -0.05) is 141 Å². The van der Waals surface area contributed by atoms with Crippen molar-refractivity contribution >= 4 is 11.9 Å². The van der Waals surface area contributed by atoms with Crippen molar-refractivity contribution in [3.05, 3.63) is 24.3 Å². The molecule has 0 rings (SSSR count). The van der Waals surface area contributed by atoms with Crippen LogP contribution >= 0.6 is 0 Å². The van der Waals surface area contributed by atoms with Crippen LogP contribution in [0, 0.1) is 0 Å². The van der Waals surface area contributed by atoms with Crippen LogP contribution in [0.15, 0.2) is 24.3 Å². The summed E-state index contributed by atoms with van der Waals surface area (Å²) in [6.45, 7) is 4.27. The summed E-state index contributed by atoms with van der Waals surface area (Å²) >= 11 is 0. The lowest BCUT2D eigenvalue weighted by Gasteiger charge is -2.12. The third-order valence-electron chi connectivity index (χ3n) is 8.16. The summed E-state index contributed by atoms with van der Waals surface area (Å²) in [6, 6.07) is 0. The molecule has 0 bridgehead atoms. The van der Waals surface area contributed by atoms with Crippen LogP contribution in [-0.4, -0.2) is 36.4 Å². The van der Waals surface area contributed by atoms with Gasteiger partial charge in [0.2, 0.25) is 0 Å². The van der Waals surface area contributed by atoms with E-state index in [1.165, 1.54) is 122 Å². The van der Waals surface area contributed by atoms with Crippen molar-refractivity contribution in [2.24, 2.45) is 0 Å². The topological polar surface area (TPSA) is 72.8 Å². The van der Waals surface area contributed by atoms with Gasteiger partial charge in [0.05, 0.1) is 0 Å². The first kappa shape index (κ1) is 42.4. The molecule has 0 saturated carbocycles. The maximum Gasteiger partial charge on any atom is 0.305 e. The van der Waals surface area contributed by atoms with Crippen LogP contribution in [0.3, 0.4) is 0 Å². The van der Waals surface area contributed by atoms with Crippen LogP contribution in [0.1, 0.15) is 194 Å². The largest absolute Gasteiger partial charge is 0.463 e. The van der Waals surface area contributed by atoms with Crippen LogP contribution in [-0.2, 0) is 19.1 Å². The van der Waals surface area contributed by atoms with Gasteiger partial charge in [-0.3, -0.25) is 9.59 Å². The molecule has 44 heavy (non-hydrogen) atoms. The van der Waals surface area contributed by atoms with Crippen LogP contribution in [0.4, 0.5) is 0 Å². The molecule has 5 nitrogen and oxygen atoms in total. The van der Waals surface area contributed by atoms with Crippen LogP contribution in [0.25, 0.3) is 0 Å². The Morgan fingerprint density at radius 1 is 0.455 bits per heavy atom. The monoisotopic (exact) mass is 621 g/mol. The first-order valence-corrected chi connectivity index (χ1v) is 18.9. The summed E-state index contributed by atoms with van der Waals surface area (Å²) in [6.07, 6.45) is 40.8. The fourth-order valence-corrected chi connectivity index (χ4v) is 5.25. The van der Waals surface area contributed by atoms with E-state index in [-0.39, 0.29) is 25.2 Å². The van der Waals surface area contributed by atoms with E-state index in [4.69, 9.17) is 9.47 Å². The molecule has 0 aliphatic carbocycles. The Bertz CT molecular complexity index is 671. The first-order valence-electron chi connectivity index (χ1n) is 18.9. The fourth-order valence-electron chi connectivity index (χ4n) is 5.25. The number of aliphatic hydroxyl groups excluding tert-OH is 1. The van der Waals surface area contributed by atoms with Gasteiger partial charge in [-0.15, -0.1) is 0 Å². The average molecular weight is 621 g/mol. The smallest absolute Gasteiger partial charge is 0.305 e. The van der Waals surface area contributed by atoms with Gasteiger partial charge in [0.1, 0.15) is 19.3 Å². The zero-order valence-electron chi connectivity index (χ0n) is 29.2. The molecule has 0 amide bonds. The van der Waals surface area contributed by atoms with Crippen LogP contribution in [0.5, 0.6) is 0 Å². The maximum absolute atomic E-state index is 11.9.